The highest BCUT2D eigenvalue weighted by molar-refractivity contribution is 5.91. The maximum atomic E-state index is 13.0. The van der Waals surface area contributed by atoms with Crippen molar-refractivity contribution in [1.29, 1.82) is 0 Å². The van der Waals surface area contributed by atoms with Gasteiger partial charge in [0.05, 0.1) is 101 Å². The summed E-state index contributed by atoms with van der Waals surface area (Å²) in [5, 5.41) is 48.5. The lowest BCUT2D eigenvalue weighted by Gasteiger charge is -2.32. The van der Waals surface area contributed by atoms with Crippen molar-refractivity contribution in [2.45, 2.75) is 186 Å². The van der Waals surface area contributed by atoms with Crippen LogP contribution in [0.1, 0.15) is 157 Å². The smallest absolute Gasteiger partial charge is 0.245 e. The van der Waals surface area contributed by atoms with Gasteiger partial charge in [-0.1, -0.05) is 10.3 Å². The van der Waals surface area contributed by atoms with Gasteiger partial charge in [-0.2, -0.15) is 0 Å². The number of ether oxygens (including phenoxy) is 8. The molecule has 0 spiro atoms. The summed E-state index contributed by atoms with van der Waals surface area (Å²) < 4.78 is 43.9. The number of nitrogens with zero attached hydrogens (tertiary/aromatic N) is 2. The third-order valence-corrected chi connectivity index (χ3v) is 14.5. The topological polar surface area (TPSA) is 398 Å². The number of rotatable bonds is 63. The Hall–Kier alpha value is -5.34. The summed E-state index contributed by atoms with van der Waals surface area (Å²) in [7, 11) is 3.17. The van der Waals surface area contributed by atoms with E-state index in [9.17, 15) is 48.8 Å². The lowest BCUT2D eigenvalue weighted by atomic mass is 9.98. The van der Waals surface area contributed by atoms with Gasteiger partial charge < -0.3 is 96.6 Å². The summed E-state index contributed by atoms with van der Waals surface area (Å²) in [6.07, 6.45) is 9.82. The second-order valence-electron chi connectivity index (χ2n) is 22.8. The van der Waals surface area contributed by atoms with E-state index in [1.165, 1.54) is 7.05 Å². The molecule has 29 nitrogen and oxygen atoms in total. The van der Waals surface area contributed by atoms with Gasteiger partial charge in [0.25, 0.3) is 0 Å². The number of carbonyl (C=O) groups is 8. The van der Waals surface area contributed by atoms with E-state index in [-0.39, 0.29) is 119 Å². The van der Waals surface area contributed by atoms with Crippen molar-refractivity contribution in [3.63, 3.8) is 0 Å². The molecule has 0 saturated heterocycles. The van der Waals surface area contributed by atoms with Crippen molar-refractivity contribution in [1.82, 2.24) is 42.5 Å². The first-order valence-electron chi connectivity index (χ1n) is 32.0. The minimum Gasteiger partial charge on any atom is -0.411 e. The van der Waals surface area contributed by atoms with Crippen molar-refractivity contribution in [2.24, 2.45) is 16.0 Å². The highest BCUT2D eigenvalue weighted by Gasteiger charge is 2.27. The van der Waals surface area contributed by atoms with Gasteiger partial charge in [0.2, 0.25) is 35.4 Å². The molecule has 0 rings (SSSR count). The Labute approximate surface area is 534 Å². The Morgan fingerprint density at radius 3 is 1.21 bits per heavy atom. The van der Waals surface area contributed by atoms with E-state index < -0.39 is 23.2 Å². The van der Waals surface area contributed by atoms with E-state index in [2.05, 4.69) is 52.8 Å². The van der Waals surface area contributed by atoms with Crippen LogP contribution in [0, 0.1) is 0 Å². The van der Waals surface area contributed by atoms with Crippen LogP contribution in [0.15, 0.2) is 10.3 Å². The Bertz CT molecular complexity index is 2000. The van der Waals surface area contributed by atoms with E-state index >= 15 is 0 Å². The molecule has 6 amide bonds. The normalized spacial score (nSPS) is 12.8. The van der Waals surface area contributed by atoms with Crippen molar-refractivity contribution in [2.75, 3.05) is 146 Å². The fourth-order valence-electron chi connectivity index (χ4n) is 8.18. The van der Waals surface area contributed by atoms with Gasteiger partial charge in [-0.3, -0.25) is 38.4 Å². The molecule has 0 radical (unpaired) electrons. The molecule has 522 valence electrons. The molecular formula is C61H115N11O18. The standard InChI is InChI=1S/C61H115N11O18/c1-47(71-81)60(3,4)67-42-49(43-68-61(5,6)48(2)72-82)69-54(75)25-19-26-55(76)70-53(59(80)64-8)24-10-15-28-66-57(78)46-90-41-38-87-37-39-88-44-51(74)22-13-18-31-84-33-35-86-34-32-83-29-16-11-20-50(73)21-12-17-30-85-36-40-89-45-56(77)65-27-14-9-23-52(63-7)58(62)79/h49,52-53,63,67-68,81-82H,9-46H2,1-8H3,(H2,62,79)(H,64,80)(H,65,77)(H,66,78)(H,69,75)(H,70,76)/b71-47+,72-48+/t52-,53-/m0/s1. The Balaban J connectivity index is 3.84. The second kappa shape index (κ2) is 55.3. The van der Waals surface area contributed by atoms with Gasteiger partial charge in [0.15, 0.2) is 5.78 Å². The minimum atomic E-state index is -0.790. The summed E-state index contributed by atoms with van der Waals surface area (Å²) in [6, 6.07) is -1.57. The summed E-state index contributed by atoms with van der Waals surface area (Å²) in [6.45, 7) is 17.0. The monoisotopic (exact) mass is 1290 g/mol. The van der Waals surface area contributed by atoms with E-state index in [0.717, 1.165) is 44.9 Å². The third-order valence-electron chi connectivity index (χ3n) is 14.5. The molecule has 0 aliphatic carbocycles. The van der Waals surface area contributed by atoms with E-state index in [1.54, 1.807) is 20.9 Å². The predicted molar refractivity (Wildman–Crippen MR) is 340 cm³/mol. The first kappa shape index (κ1) is 84.7. The number of oxime groups is 2. The highest BCUT2D eigenvalue weighted by Crippen LogP contribution is 2.10. The SMILES string of the molecule is CNC(=O)[C@H](CCCCNC(=O)COCCOCCOCC(=O)CCCCOCCOCCOCCCCC(=O)CCCCOCCOCC(=O)NCCCC[C@H](NC)C(N)=O)NC(=O)CCCC(=O)NC(CNC(C)(C)/C(C)=N/O)CNC(C)(C)/C(C)=N/O. The maximum absolute atomic E-state index is 13.0. The van der Waals surface area contributed by atoms with Gasteiger partial charge in [-0.15, -0.1) is 0 Å². The zero-order valence-electron chi connectivity index (χ0n) is 55.5. The third kappa shape index (κ3) is 48.5. The van der Waals surface area contributed by atoms with E-state index in [0.29, 0.717) is 148 Å². The molecule has 0 aliphatic rings. The molecular weight excluding hydrogens is 1170 g/mol. The van der Waals surface area contributed by atoms with Crippen LogP contribution in [-0.2, 0) is 76.3 Å². The number of unbranched alkanes of at least 4 members (excludes halogenated alkanes) is 5. The van der Waals surface area contributed by atoms with Crippen LogP contribution in [0.25, 0.3) is 0 Å². The lowest BCUT2D eigenvalue weighted by molar-refractivity contribution is -0.129. The number of likely N-dealkylation sites (N-methyl/N-ethyl adjacent to an activating group) is 2. The molecule has 90 heavy (non-hydrogen) atoms. The Morgan fingerprint density at radius 2 is 0.811 bits per heavy atom. The summed E-state index contributed by atoms with van der Waals surface area (Å²) in [4.78, 5) is 98.2. The van der Waals surface area contributed by atoms with Gasteiger partial charge in [-0.05, 0) is 132 Å². The highest BCUT2D eigenvalue weighted by atomic mass is 16.6. The summed E-state index contributed by atoms with van der Waals surface area (Å²) in [5.74, 6) is -1.68. The van der Waals surface area contributed by atoms with Crippen LogP contribution in [0.5, 0.6) is 0 Å². The van der Waals surface area contributed by atoms with Crippen LogP contribution >= 0.6 is 0 Å². The molecule has 0 aromatic carbocycles. The zero-order chi connectivity index (χ0) is 67.1. The molecule has 12 N–H and O–H groups in total. The Kier molecular flexibility index (Phi) is 52.0. The first-order valence-corrected chi connectivity index (χ1v) is 32.0. The molecule has 0 saturated carbocycles. The average Bonchev–Trinajstić information content (AvgIpc) is 2.14. The van der Waals surface area contributed by atoms with Crippen LogP contribution < -0.4 is 48.3 Å². The number of primary amides is 1. The number of carbonyl (C=O) groups excluding carboxylic acids is 8. The fraction of sp³-hybridized carbons (Fsp3) is 0.836. The van der Waals surface area contributed by atoms with Gasteiger partial charge in [0, 0.05) is 85.2 Å². The number of nitrogens with one attached hydrogen (secondary N) is 8. The Morgan fingerprint density at radius 1 is 0.433 bits per heavy atom. The molecule has 2 atom stereocenters. The molecule has 0 aromatic rings. The predicted octanol–water partition coefficient (Wildman–Crippen LogP) is 1.74. The molecule has 0 aromatic heterocycles. The van der Waals surface area contributed by atoms with Crippen molar-refractivity contribution < 1.29 is 86.7 Å². The van der Waals surface area contributed by atoms with Crippen molar-refractivity contribution in [3.05, 3.63) is 0 Å². The van der Waals surface area contributed by atoms with Gasteiger partial charge in [-0.25, -0.2) is 0 Å². The second-order valence-corrected chi connectivity index (χ2v) is 22.8. The minimum absolute atomic E-state index is 0.00279. The number of nitrogens with two attached hydrogens (primary N) is 1. The average molecular weight is 1290 g/mol. The van der Waals surface area contributed by atoms with Crippen LogP contribution in [0.2, 0.25) is 0 Å². The molecule has 29 heteroatoms. The molecule has 0 heterocycles. The molecule has 0 unspecified atom stereocenters. The van der Waals surface area contributed by atoms with Gasteiger partial charge in [0.1, 0.15) is 31.6 Å². The number of Topliss-reactive ketones (excluding diaryl/α,β-unsaturated/α-hetero) is 2. The lowest BCUT2D eigenvalue weighted by Crippen LogP contribution is -2.57. The van der Waals surface area contributed by atoms with Crippen LogP contribution in [0.3, 0.4) is 0 Å². The van der Waals surface area contributed by atoms with E-state index in [1.807, 2.05) is 27.7 Å². The van der Waals surface area contributed by atoms with Crippen molar-refractivity contribution in [3.8, 4) is 0 Å². The quantitative estimate of drug-likeness (QED) is 0.0179. The van der Waals surface area contributed by atoms with Crippen LogP contribution in [-0.4, -0.2) is 244 Å². The fourth-order valence-corrected chi connectivity index (χ4v) is 8.18. The number of hydrogen-bond acceptors (Lipinski definition) is 23. The number of amides is 6. The summed E-state index contributed by atoms with van der Waals surface area (Å²) in [5.41, 5.74) is 4.87. The first-order chi connectivity index (χ1) is 43.1. The molecule has 0 fully saturated rings. The largest absolute Gasteiger partial charge is 0.411 e. The van der Waals surface area contributed by atoms with E-state index in [4.69, 9.17) is 43.6 Å². The molecule has 0 bridgehead atoms. The zero-order valence-corrected chi connectivity index (χ0v) is 55.5. The maximum Gasteiger partial charge on any atom is 0.245 e. The number of ketones is 2. The molecule has 0 aliphatic heterocycles. The van der Waals surface area contributed by atoms with Crippen molar-refractivity contribution >= 4 is 58.4 Å². The number of hydrogen-bond donors (Lipinski definition) is 11. The summed E-state index contributed by atoms with van der Waals surface area (Å²) >= 11 is 0. The van der Waals surface area contributed by atoms with Gasteiger partial charge >= 0.3 is 0 Å². The van der Waals surface area contributed by atoms with Crippen LogP contribution in [0.4, 0.5) is 0 Å².